The third kappa shape index (κ3) is 2.84. The summed E-state index contributed by atoms with van der Waals surface area (Å²) in [5.74, 6) is -2.34. The summed E-state index contributed by atoms with van der Waals surface area (Å²) < 4.78 is 9.79. The molecule has 5 heteroatoms. The minimum absolute atomic E-state index is 0.0313. The van der Waals surface area contributed by atoms with E-state index in [1.807, 2.05) is 0 Å². The number of esters is 2. The van der Waals surface area contributed by atoms with E-state index in [1.165, 1.54) is 14.0 Å². The Balaban J connectivity index is 2.88. The van der Waals surface area contributed by atoms with Crippen molar-refractivity contribution in [3.05, 3.63) is 0 Å². The van der Waals surface area contributed by atoms with Gasteiger partial charge in [0.05, 0.1) is 7.11 Å². The average molecular weight is 242 g/mol. The van der Waals surface area contributed by atoms with E-state index in [0.717, 1.165) is 0 Å². The number of methoxy groups -OCH3 is 1. The SMILES string of the molecule is COC(=O)C1C(=O)OC(C)(C)C1CCC(C)=O. The van der Waals surface area contributed by atoms with Crippen LogP contribution in [0.2, 0.25) is 0 Å². The number of cyclic esters (lactones) is 1. The van der Waals surface area contributed by atoms with Crippen molar-refractivity contribution >= 4 is 17.7 Å². The minimum atomic E-state index is -0.908. The van der Waals surface area contributed by atoms with Crippen molar-refractivity contribution in [3.8, 4) is 0 Å². The van der Waals surface area contributed by atoms with E-state index in [1.54, 1.807) is 13.8 Å². The molecule has 0 aromatic carbocycles. The Morgan fingerprint density at radius 3 is 2.47 bits per heavy atom. The molecule has 0 aromatic rings. The van der Waals surface area contributed by atoms with Gasteiger partial charge in [-0.05, 0) is 27.2 Å². The first-order valence-electron chi connectivity index (χ1n) is 5.59. The van der Waals surface area contributed by atoms with Gasteiger partial charge >= 0.3 is 11.9 Å². The maximum Gasteiger partial charge on any atom is 0.321 e. The van der Waals surface area contributed by atoms with Gasteiger partial charge in [-0.3, -0.25) is 9.59 Å². The van der Waals surface area contributed by atoms with Crippen LogP contribution in [0.5, 0.6) is 0 Å². The number of ketones is 1. The summed E-state index contributed by atoms with van der Waals surface area (Å²) in [7, 11) is 1.24. The number of hydrogen-bond acceptors (Lipinski definition) is 5. The molecule has 1 aliphatic rings. The number of rotatable bonds is 4. The summed E-state index contributed by atoms with van der Waals surface area (Å²) in [5.41, 5.74) is -0.731. The topological polar surface area (TPSA) is 69.7 Å². The Bertz CT molecular complexity index is 345. The van der Waals surface area contributed by atoms with Crippen molar-refractivity contribution in [3.63, 3.8) is 0 Å². The second kappa shape index (κ2) is 4.85. The van der Waals surface area contributed by atoms with Crippen LogP contribution in [0.3, 0.4) is 0 Å². The van der Waals surface area contributed by atoms with Crippen LogP contribution >= 0.6 is 0 Å². The van der Waals surface area contributed by atoms with Crippen LogP contribution in [0.1, 0.15) is 33.6 Å². The highest BCUT2D eigenvalue weighted by molar-refractivity contribution is 5.97. The Morgan fingerprint density at radius 1 is 1.41 bits per heavy atom. The molecule has 2 unspecified atom stereocenters. The standard InChI is InChI=1S/C12H18O5/c1-7(13)5-6-8-9(10(14)16-4)11(15)17-12(8,2)3/h8-9H,5-6H2,1-4H3. The molecule has 1 heterocycles. The monoisotopic (exact) mass is 242 g/mol. The lowest BCUT2D eigenvalue weighted by atomic mass is 9.79. The van der Waals surface area contributed by atoms with E-state index in [-0.39, 0.29) is 11.7 Å². The zero-order valence-corrected chi connectivity index (χ0v) is 10.6. The Morgan fingerprint density at radius 2 is 2.00 bits per heavy atom. The Hall–Kier alpha value is -1.39. The van der Waals surface area contributed by atoms with E-state index in [0.29, 0.717) is 12.8 Å². The van der Waals surface area contributed by atoms with E-state index in [2.05, 4.69) is 4.74 Å². The van der Waals surface area contributed by atoms with Crippen LogP contribution in [0.15, 0.2) is 0 Å². The zero-order chi connectivity index (χ0) is 13.2. The van der Waals surface area contributed by atoms with Crippen LogP contribution in [0.4, 0.5) is 0 Å². The van der Waals surface area contributed by atoms with Gasteiger partial charge < -0.3 is 14.3 Å². The van der Waals surface area contributed by atoms with Gasteiger partial charge in [0.25, 0.3) is 0 Å². The lowest BCUT2D eigenvalue weighted by Crippen LogP contribution is -2.34. The average Bonchev–Trinajstić information content (AvgIpc) is 2.43. The van der Waals surface area contributed by atoms with Crippen molar-refractivity contribution in [1.82, 2.24) is 0 Å². The largest absolute Gasteiger partial charge is 0.468 e. The lowest BCUT2D eigenvalue weighted by Gasteiger charge is -2.25. The van der Waals surface area contributed by atoms with Gasteiger partial charge in [0, 0.05) is 12.3 Å². The van der Waals surface area contributed by atoms with Crippen molar-refractivity contribution in [2.45, 2.75) is 39.2 Å². The van der Waals surface area contributed by atoms with Gasteiger partial charge in [-0.25, -0.2) is 0 Å². The van der Waals surface area contributed by atoms with E-state index < -0.39 is 23.5 Å². The van der Waals surface area contributed by atoms with Crippen molar-refractivity contribution in [1.29, 1.82) is 0 Å². The van der Waals surface area contributed by atoms with Gasteiger partial charge in [-0.1, -0.05) is 0 Å². The predicted octanol–water partition coefficient (Wildman–Crippen LogP) is 1.10. The molecule has 0 aromatic heterocycles. The molecule has 1 saturated heterocycles. The maximum absolute atomic E-state index is 11.6. The summed E-state index contributed by atoms with van der Waals surface area (Å²) in [6.07, 6.45) is 0.784. The molecule has 1 aliphatic heterocycles. The normalized spacial score (nSPS) is 26.5. The molecule has 96 valence electrons. The summed E-state index contributed by atoms with van der Waals surface area (Å²) in [6.45, 7) is 4.98. The van der Waals surface area contributed by atoms with Crippen LogP contribution in [0, 0.1) is 11.8 Å². The van der Waals surface area contributed by atoms with E-state index in [9.17, 15) is 14.4 Å². The highest BCUT2D eigenvalue weighted by Gasteiger charge is 2.53. The first-order chi connectivity index (χ1) is 7.79. The predicted molar refractivity (Wildman–Crippen MR) is 59.1 cm³/mol. The number of Topliss-reactive ketones (excluding diaryl/α,β-unsaturated/α-hetero) is 1. The second-order valence-corrected chi connectivity index (χ2v) is 4.87. The summed E-state index contributed by atoms with van der Waals surface area (Å²) in [4.78, 5) is 34.2. The van der Waals surface area contributed by atoms with Gasteiger partial charge in [0.2, 0.25) is 0 Å². The molecule has 0 N–H and O–H groups in total. The maximum atomic E-state index is 11.6. The molecule has 0 spiro atoms. The summed E-state index contributed by atoms with van der Waals surface area (Å²) in [6, 6.07) is 0. The quantitative estimate of drug-likeness (QED) is 0.545. The van der Waals surface area contributed by atoms with Crippen molar-refractivity contribution in [2.75, 3.05) is 7.11 Å². The van der Waals surface area contributed by atoms with Gasteiger partial charge in [0.15, 0.2) is 5.92 Å². The lowest BCUT2D eigenvalue weighted by molar-refractivity contribution is -0.156. The van der Waals surface area contributed by atoms with Crippen LogP contribution in [-0.2, 0) is 23.9 Å². The van der Waals surface area contributed by atoms with Crippen LogP contribution < -0.4 is 0 Å². The third-order valence-electron chi connectivity index (χ3n) is 3.18. The van der Waals surface area contributed by atoms with Crippen LogP contribution in [-0.4, -0.2) is 30.4 Å². The van der Waals surface area contributed by atoms with Gasteiger partial charge in [-0.2, -0.15) is 0 Å². The molecule has 0 radical (unpaired) electrons. The number of carbonyl (C=O) groups excluding carboxylic acids is 3. The van der Waals surface area contributed by atoms with Gasteiger partial charge in [-0.15, -0.1) is 0 Å². The Kier molecular flexibility index (Phi) is 3.91. The first-order valence-corrected chi connectivity index (χ1v) is 5.59. The van der Waals surface area contributed by atoms with E-state index in [4.69, 9.17) is 4.74 Å². The van der Waals surface area contributed by atoms with Crippen LogP contribution in [0.25, 0.3) is 0 Å². The third-order valence-corrected chi connectivity index (χ3v) is 3.18. The highest BCUT2D eigenvalue weighted by atomic mass is 16.6. The zero-order valence-electron chi connectivity index (χ0n) is 10.6. The van der Waals surface area contributed by atoms with E-state index >= 15 is 0 Å². The molecule has 0 bridgehead atoms. The fraction of sp³-hybridized carbons (Fsp3) is 0.750. The smallest absolute Gasteiger partial charge is 0.321 e. The molecular weight excluding hydrogens is 224 g/mol. The number of ether oxygens (including phenoxy) is 2. The molecule has 0 aliphatic carbocycles. The Labute approximate surface area is 100 Å². The fourth-order valence-electron chi connectivity index (χ4n) is 2.22. The molecule has 0 amide bonds. The second-order valence-electron chi connectivity index (χ2n) is 4.87. The number of carbonyl (C=O) groups is 3. The molecule has 17 heavy (non-hydrogen) atoms. The summed E-state index contributed by atoms with van der Waals surface area (Å²) >= 11 is 0. The fourth-order valence-corrected chi connectivity index (χ4v) is 2.22. The molecule has 2 atom stereocenters. The van der Waals surface area contributed by atoms with Crippen molar-refractivity contribution in [2.24, 2.45) is 11.8 Å². The van der Waals surface area contributed by atoms with Gasteiger partial charge in [0.1, 0.15) is 11.4 Å². The number of hydrogen-bond donors (Lipinski definition) is 0. The molecule has 1 fully saturated rings. The highest BCUT2D eigenvalue weighted by Crippen LogP contribution is 2.40. The van der Waals surface area contributed by atoms with Crippen molar-refractivity contribution < 1.29 is 23.9 Å². The molecular formula is C12H18O5. The molecule has 0 saturated carbocycles. The minimum Gasteiger partial charge on any atom is -0.468 e. The molecule has 1 rings (SSSR count). The molecule has 5 nitrogen and oxygen atoms in total. The first kappa shape index (κ1) is 13.7. The summed E-state index contributed by atoms with van der Waals surface area (Å²) in [5, 5.41) is 0.